The van der Waals surface area contributed by atoms with Gasteiger partial charge in [0.05, 0.1) is 6.61 Å². The number of nitrogens with zero attached hydrogens (tertiary/aromatic N) is 2. The number of fused-ring (bicyclic) bond motifs is 4. The van der Waals surface area contributed by atoms with Gasteiger partial charge in [-0.05, 0) is 72.1 Å². The molecule has 1 fully saturated rings. The van der Waals surface area contributed by atoms with Crippen molar-refractivity contribution in [1.29, 1.82) is 0 Å². The molecule has 0 spiro atoms. The van der Waals surface area contributed by atoms with Gasteiger partial charge in [-0.3, -0.25) is 9.69 Å². The third-order valence-electron chi connectivity index (χ3n) is 9.04. The minimum atomic E-state index is -4.48. The van der Waals surface area contributed by atoms with Crippen LogP contribution in [-0.4, -0.2) is 62.9 Å². The number of nitrogens with one attached hydrogen (secondary N) is 1. The van der Waals surface area contributed by atoms with Gasteiger partial charge in [-0.15, -0.1) is 0 Å². The van der Waals surface area contributed by atoms with Gasteiger partial charge in [0.25, 0.3) is 0 Å². The van der Waals surface area contributed by atoms with Gasteiger partial charge in [-0.1, -0.05) is 73.2 Å². The smallest absolute Gasteiger partial charge is 0.405 e. The molecule has 1 N–H and O–H groups in total. The van der Waals surface area contributed by atoms with Crippen LogP contribution >= 0.6 is 0 Å². The average molecular weight is 602 g/mol. The molecule has 0 aromatic heterocycles. The van der Waals surface area contributed by atoms with Gasteiger partial charge in [0, 0.05) is 37.3 Å². The van der Waals surface area contributed by atoms with E-state index in [2.05, 4.69) is 39.4 Å². The number of ether oxygens (including phenoxy) is 1. The van der Waals surface area contributed by atoms with Crippen LogP contribution in [0, 0.1) is 0 Å². The predicted molar refractivity (Wildman–Crippen MR) is 169 cm³/mol. The van der Waals surface area contributed by atoms with Gasteiger partial charge < -0.3 is 15.0 Å². The second-order valence-corrected chi connectivity index (χ2v) is 11.7. The Morgan fingerprint density at radius 2 is 1.55 bits per heavy atom. The molecule has 0 saturated carbocycles. The van der Waals surface area contributed by atoms with Crippen molar-refractivity contribution in [2.75, 3.05) is 50.8 Å². The van der Waals surface area contributed by atoms with Crippen molar-refractivity contribution in [2.45, 2.75) is 37.8 Å². The first-order valence-electron chi connectivity index (χ1n) is 15.5. The molecule has 1 aliphatic carbocycles. The number of hydrogen-bond donors (Lipinski definition) is 1. The Labute approximate surface area is 256 Å². The number of carbonyl (C=O) groups is 1. The van der Waals surface area contributed by atoms with Crippen molar-refractivity contribution in [3.8, 4) is 16.9 Å². The number of alkyl halides is 3. The van der Waals surface area contributed by atoms with E-state index in [9.17, 15) is 18.0 Å². The topological polar surface area (TPSA) is 44.8 Å². The molecule has 4 aromatic rings. The van der Waals surface area contributed by atoms with Crippen LogP contribution in [0.1, 0.15) is 37.3 Å². The Hall–Kier alpha value is -4.04. The molecule has 0 unspecified atom stereocenters. The highest BCUT2D eigenvalue weighted by molar-refractivity contribution is 6.00. The molecule has 8 heteroatoms. The van der Waals surface area contributed by atoms with Crippen molar-refractivity contribution >= 4 is 22.4 Å². The van der Waals surface area contributed by atoms with Crippen LogP contribution < -0.4 is 15.0 Å². The maximum absolute atomic E-state index is 13.7. The number of hydrogen-bond acceptors (Lipinski definition) is 4. The second kappa shape index (κ2) is 12.5. The molecule has 1 aliphatic heterocycles. The monoisotopic (exact) mass is 601 g/mol. The van der Waals surface area contributed by atoms with E-state index >= 15 is 0 Å². The van der Waals surface area contributed by atoms with Crippen molar-refractivity contribution in [1.82, 2.24) is 10.2 Å². The molecule has 44 heavy (non-hydrogen) atoms. The minimum Gasteiger partial charge on any atom is -0.493 e. The Balaban J connectivity index is 1.11. The number of carbonyl (C=O) groups excluding carboxylic acids is 1. The third-order valence-corrected chi connectivity index (χ3v) is 9.04. The highest BCUT2D eigenvalue weighted by Gasteiger charge is 2.49. The lowest BCUT2D eigenvalue weighted by Crippen LogP contribution is -2.47. The molecule has 1 amide bonds. The van der Waals surface area contributed by atoms with Crippen LogP contribution in [0.5, 0.6) is 5.75 Å². The van der Waals surface area contributed by atoms with Crippen LogP contribution in [0.4, 0.5) is 18.9 Å². The molecule has 230 valence electrons. The van der Waals surface area contributed by atoms with Crippen LogP contribution in [0.2, 0.25) is 0 Å². The molecule has 2 aliphatic rings. The number of amides is 1. The summed E-state index contributed by atoms with van der Waals surface area (Å²) in [5.74, 6) is 0.326. The predicted octanol–water partition coefficient (Wildman–Crippen LogP) is 7.18. The Bertz CT molecular complexity index is 1580. The molecule has 0 bridgehead atoms. The number of piperazine rings is 1. The summed E-state index contributed by atoms with van der Waals surface area (Å²) in [5, 5.41) is 4.52. The fraction of sp³-hybridized carbons (Fsp3) is 0.361. The van der Waals surface area contributed by atoms with E-state index in [1.807, 2.05) is 67.6 Å². The number of halogens is 3. The van der Waals surface area contributed by atoms with E-state index in [1.165, 1.54) is 5.69 Å². The normalized spacial score (nSPS) is 16.0. The summed E-state index contributed by atoms with van der Waals surface area (Å²) in [7, 11) is 0. The van der Waals surface area contributed by atoms with Crippen molar-refractivity contribution in [2.24, 2.45) is 0 Å². The lowest BCUT2D eigenvalue weighted by molar-refractivity contribution is -0.141. The van der Waals surface area contributed by atoms with Gasteiger partial charge in [0.1, 0.15) is 17.7 Å². The molecule has 4 aromatic carbocycles. The van der Waals surface area contributed by atoms with Gasteiger partial charge in [-0.2, -0.15) is 13.2 Å². The van der Waals surface area contributed by atoms with Crippen LogP contribution in [-0.2, 0) is 10.2 Å². The summed E-state index contributed by atoms with van der Waals surface area (Å²) in [4.78, 5) is 18.6. The fourth-order valence-corrected chi connectivity index (χ4v) is 6.95. The second-order valence-electron chi connectivity index (χ2n) is 11.7. The zero-order valence-electron chi connectivity index (χ0n) is 25.0. The first-order chi connectivity index (χ1) is 21.3. The largest absolute Gasteiger partial charge is 0.493 e. The highest BCUT2D eigenvalue weighted by Crippen LogP contribution is 2.51. The quantitative estimate of drug-likeness (QED) is 0.196. The van der Waals surface area contributed by atoms with E-state index in [1.54, 1.807) is 0 Å². The van der Waals surface area contributed by atoms with E-state index < -0.39 is 24.0 Å². The van der Waals surface area contributed by atoms with E-state index in [0.29, 0.717) is 19.4 Å². The van der Waals surface area contributed by atoms with Crippen LogP contribution in [0.3, 0.4) is 0 Å². The zero-order chi connectivity index (χ0) is 30.7. The first-order valence-corrected chi connectivity index (χ1v) is 15.5. The van der Waals surface area contributed by atoms with Gasteiger partial charge in [0.15, 0.2) is 0 Å². The maximum Gasteiger partial charge on any atom is 0.405 e. The van der Waals surface area contributed by atoms with Crippen LogP contribution in [0.15, 0.2) is 84.9 Å². The zero-order valence-corrected chi connectivity index (χ0v) is 25.0. The molecule has 1 heterocycles. The number of benzene rings is 4. The summed E-state index contributed by atoms with van der Waals surface area (Å²) in [6, 6.07) is 27.9. The number of rotatable bonds is 10. The van der Waals surface area contributed by atoms with Gasteiger partial charge >= 0.3 is 6.18 Å². The summed E-state index contributed by atoms with van der Waals surface area (Å²) < 4.78 is 45.3. The first kappa shape index (κ1) is 30.0. The minimum absolute atomic E-state index is 0.448. The van der Waals surface area contributed by atoms with Crippen molar-refractivity contribution in [3.05, 3.63) is 96.1 Å². The average Bonchev–Trinajstić information content (AvgIpc) is 3.33. The fourth-order valence-electron chi connectivity index (χ4n) is 6.95. The van der Waals surface area contributed by atoms with Gasteiger partial charge in [0.2, 0.25) is 5.91 Å². The third kappa shape index (κ3) is 5.87. The van der Waals surface area contributed by atoms with Crippen molar-refractivity contribution in [3.63, 3.8) is 0 Å². The highest BCUT2D eigenvalue weighted by atomic mass is 19.4. The number of anilines is 1. The standard InChI is InChI=1S/C36H38F3N3O2/c1-2-44-33-15-9-10-26-16-17-27(24-30(26)33)42-22-20-41(21-23-42)19-8-7-18-35(34(43)40-25-36(37,38)39)31-13-5-3-11-28(31)29-12-4-6-14-32(29)35/h3-6,9-17,24H,2,7-8,18-23,25H2,1H3,(H,40,43). The lowest BCUT2D eigenvalue weighted by atomic mass is 9.73. The van der Waals surface area contributed by atoms with Crippen molar-refractivity contribution < 1.29 is 22.7 Å². The lowest BCUT2D eigenvalue weighted by Gasteiger charge is -2.36. The van der Waals surface area contributed by atoms with Gasteiger partial charge in [-0.25, -0.2) is 0 Å². The van der Waals surface area contributed by atoms with E-state index in [4.69, 9.17) is 4.74 Å². The summed E-state index contributed by atoms with van der Waals surface area (Å²) >= 11 is 0. The number of unbranched alkanes of at least 4 members (excludes halogenated alkanes) is 1. The Morgan fingerprint density at radius 3 is 2.20 bits per heavy atom. The summed E-state index contributed by atoms with van der Waals surface area (Å²) in [6.07, 6.45) is -2.46. The maximum atomic E-state index is 13.7. The molecule has 0 radical (unpaired) electrons. The summed E-state index contributed by atoms with van der Waals surface area (Å²) in [5.41, 5.74) is 3.46. The summed E-state index contributed by atoms with van der Waals surface area (Å²) in [6.45, 7) is 5.83. The van der Waals surface area contributed by atoms with E-state index in [-0.39, 0.29) is 0 Å². The molecule has 6 rings (SSSR count). The molecule has 1 saturated heterocycles. The Kier molecular flexibility index (Phi) is 8.54. The molecule has 5 nitrogen and oxygen atoms in total. The molecule has 0 atom stereocenters. The Morgan fingerprint density at radius 1 is 0.864 bits per heavy atom. The van der Waals surface area contributed by atoms with E-state index in [0.717, 1.165) is 77.9 Å². The van der Waals surface area contributed by atoms with Crippen LogP contribution in [0.25, 0.3) is 21.9 Å². The molecular weight excluding hydrogens is 563 g/mol. The molecular formula is C36H38F3N3O2. The SMILES string of the molecule is CCOc1cccc2ccc(N3CCN(CCCCC4(C(=O)NCC(F)(F)F)c5ccccc5-c5ccccc54)CC3)cc12.